The molecule has 2 heterocycles. The molecule has 2 N–H and O–H groups in total. The predicted octanol–water partition coefficient (Wildman–Crippen LogP) is 2.54. The Kier molecular flexibility index (Phi) is 3.30. The van der Waals surface area contributed by atoms with E-state index in [1.165, 1.54) is 0 Å². The van der Waals surface area contributed by atoms with E-state index in [0.29, 0.717) is 5.56 Å². The summed E-state index contributed by atoms with van der Waals surface area (Å²) in [6.07, 6.45) is 0. The lowest BCUT2D eigenvalue weighted by Crippen LogP contribution is -2.13. The number of amides is 1. The van der Waals surface area contributed by atoms with Crippen molar-refractivity contribution in [2.45, 2.75) is 46.6 Å². The fourth-order valence-corrected chi connectivity index (χ4v) is 2.18. The summed E-state index contributed by atoms with van der Waals surface area (Å²) in [4.78, 5) is 16.3. The van der Waals surface area contributed by atoms with Gasteiger partial charge in [0.25, 0.3) is 0 Å². The molecule has 0 fully saturated rings. The quantitative estimate of drug-likeness (QED) is 0.921. The van der Waals surface area contributed by atoms with Crippen molar-refractivity contribution in [1.29, 1.82) is 0 Å². The Balaban J connectivity index is 2.88. The Morgan fingerprint density at radius 1 is 1.32 bits per heavy atom. The molecule has 0 radical (unpaired) electrons. The zero-order valence-electron chi connectivity index (χ0n) is 12.1. The van der Waals surface area contributed by atoms with Gasteiger partial charge in [0.2, 0.25) is 5.91 Å². The van der Waals surface area contributed by atoms with Gasteiger partial charge in [0.15, 0.2) is 5.65 Å². The summed E-state index contributed by atoms with van der Waals surface area (Å²) < 4.78 is 1.85. The minimum Gasteiger partial charge on any atom is -0.366 e. The van der Waals surface area contributed by atoms with Crippen LogP contribution >= 0.6 is 0 Å². The van der Waals surface area contributed by atoms with Gasteiger partial charge < -0.3 is 5.73 Å². The van der Waals surface area contributed by atoms with Crippen molar-refractivity contribution in [2.75, 3.05) is 0 Å². The number of carbonyl (C=O) groups excluding carboxylic acids is 1. The van der Waals surface area contributed by atoms with Gasteiger partial charge in [-0.25, -0.2) is 9.67 Å². The third-order valence-corrected chi connectivity index (χ3v) is 3.20. The molecular formula is C14H20N4O. The number of rotatable bonds is 3. The standard InChI is InChI=1S/C14H20N4O/c1-7(2)11-6-10(13(15)19)12-9(5)17-18(8(3)4)14(12)16-11/h6-8H,1-5H3,(H2,15,19). The van der Waals surface area contributed by atoms with Crippen molar-refractivity contribution < 1.29 is 4.79 Å². The van der Waals surface area contributed by atoms with E-state index in [1.807, 2.05) is 39.3 Å². The second-order valence-electron chi connectivity index (χ2n) is 5.44. The first-order valence-electron chi connectivity index (χ1n) is 6.52. The van der Waals surface area contributed by atoms with E-state index in [1.54, 1.807) is 6.07 Å². The van der Waals surface area contributed by atoms with Crippen LogP contribution in [0.4, 0.5) is 0 Å². The van der Waals surface area contributed by atoms with E-state index in [2.05, 4.69) is 10.1 Å². The van der Waals surface area contributed by atoms with E-state index >= 15 is 0 Å². The fourth-order valence-electron chi connectivity index (χ4n) is 2.18. The summed E-state index contributed by atoms with van der Waals surface area (Å²) in [7, 11) is 0. The second kappa shape index (κ2) is 4.64. The van der Waals surface area contributed by atoms with Crippen LogP contribution in [0.15, 0.2) is 6.07 Å². The predicted molar refractivity (Wildman–Crippen MR) is 75.3 cm³/mol. The Labute approximate surface area is 112 Å². The molecule has 0 bridgehead atoms. The third kappa shape index (κ3) is 2.20. The Bertz CT molecular complexity index is 640. The number of primary amides is 1. The number of nitrogens with two attached hydrogens (primary N) is 1. The topological polar surface area (TPSA) is 73.8 Å². The minimum atomic E-state index is -0.430. The van der Waals surface area contributed by atoms with Crippen LogP contribution in [0.1, 0.15) is 61.4 Å². The lowest BCUT2D eigenvalue weighted by atomic mass is 10.0. The smallest absolute Gasteiger partial charge is 0.249 e. The van der Waals surface area contributed by atoms with Crippen molar-refractivity contribution >= 4 is 16.9 Å². The van der Waals surface area contributed by atoms with E-state index < -0.39 is 5.91 Å². The highest BCUT2D eigenvalue weighted by atomic mass is 16.1. The van der Waals surface area contributed by atoms with Gasteiger partial charge in [0.05, 0.1) is 16.6 Å². The first kappa shape index (κ1) is 13.5. The van der Waals surface area contributed by atoms with Crippen molar-refractivity contribution in [3.05, 3.63) is 23.0 Å². The number of nitrogens with zero attached hydrogens (tertiary/aromatic N) is 3. The molecule has 0 saturated heterocycles. The summed E-state index contributed by atoms with van der Waals surface area (Å²) in [6, 6.07) is 1.97. The highest BCUT2D eigenvalue weighted by Crippen LogP contribution is 2.26. The lowest BCUT2D eigenvalue weighted by Gasteiger charge is -2.10. The number of fused-ring (bicyclic) bond motifs is 1. The molecule has 0 unspecified atom stereocenters. The normalized spacial score (nSPS) is 11.7. The molecule has 0 aliphatic carbocycles. The monoisotopic (exact) mass is 260 g/mol. The molecule has 0 spiro atoms. The zero-order valence-corrected chi connectivity index (χ0v) is 12.1. The number of pyridine rings is 1. The molecule has 5 heteroatoms. The molecule has 0 aliphatic heterocycles. The molecule has 2 rings (SSSR count). The van der Waals surface area contributed by atoms with Crippen LogP contribution in [0.25, 0.3) is 11.0 Å². The van der Waals surface area contributed by atoms with Crippen LogP contribution in [0, 0.1) is 6.92 Å². The Hall–Kier alpha value is -1.91. The van der Waals surface area contributed by atoms with E-state index in [-0.39, 0.29) is 12.0 Å². The van der Waals surface area contributed by atoms with Gasteiger partial charge in [-0.05, 0) is 32.8 Å². The number of hydrogen-bond donors (Lipinski definition) is 1. The summed E-state index contributed by atoms with van der Waals surface area (Å²) in [5, 5.41) is 5.25. The summed E-state index contributed by atoms with van der Waals surface area (Å²) >= 11 is 0. The van der Waals surface area contributed by atoms with Gasteiger partial charge in [0, 0.05) is 11.7 Å². The van der Waals surface area contributed by atoms with Crippen molar-refractivity contribution in [3.63, 3.8) is 0 Å². The largest absolute Gasteiger partial charge is 0.366 e. The highest BCUT2D eigenvalue weighted by Gasteiger charge is 2.19. The maximum absolute atomic E-state index is 11.7. The van der Waals surface area contributed by atoms with E-state index in [0.717, 1.165) is 22.4 Å². The Morgan fingerprint density at radius 3 is 2.42 bits per heavy atom. The molecule has 5 nitrogen and oxygen atoms in total. The van der Waals surface area contributed by atoms with Crippen molar-refractivity contribution in [2.24, 2.45) is 5.73 Å². The number of aryl methyl sites for hydroxylation is 1. The van der Waals surface area contributed by atoms with Gasteiger partial charge in [-0.2, -0.15) is 5.10 Å². The first-order valence-corrected chi connectivity index (χ1v) is 6.52. The maximum Gasteiger partial charge on any atom is 0.249 e. The average molecular weight is 260 g/mol. The molecule has 0 saturated carbocycles. The second-order valence-corrected chi connectivity index (χ2v) is 5.44. The lowest BCUT2D eigenvalue weighted by molar-refractivity contribution is 0.100. The SMILES string of the molecule is Cc1nn(C(C)C)c2nc(C(C)C)cc(C(N)=O)c12. The molecule has 2 aromatic heterocycles. The summed E-state index contributed by atoms with van der Waals surface area (Å²) in [6.45, 7) is 10.0. The summed E-state index contributed by atoms with van der Waals surface area (Å²) in [5.41, 5.74) is 8.41. The minimum absolute atomic E-state index is 0.187. The Morgan fingerprint density at radius 2 is 1.95 bits per heavy atom. The van der Waals surface area contributed by atoms with Crippen molar-refractivity contribution in [1.82, 2.24) is 14.8 Å². The number of carbonyl (C=O) groups is 1. The average Bonchev–Trinajstić information content (AvgIpc) is 2.65. The fraction of sp³-hybridized carbons (Fsp3) is 0.500. The van der Waals surface area contributed by atoms with Crippen LogP contribution in [-0.2, 0) is 0 Å². The first-order chi connectivity index (χ1) is 8.82. The number of hydrogen-bond acceptors (Lipinski definition) is 3. The van der Waals surface area contributed by atoms with Crippen LogP contribution in [0.5, 0.6) is 0 Å². The molecule has 0 aliphatic rings. The van der Waals surface area contributed by atoms with Crippen molar-refractivity contribution in [3.8, 4) is 0 Å². The van der Waals surface area contributed by atoms with E-state index in [4.69, 9.17) is 5.73 Å². The van der Waals surface area contributed by atoms with Crippen LogP contribution < -0.4 is 5.73 Å². The maximum atomic E-state index is 11.7. The van der Waals surface area contributed by atoms with Crippen LogP contribution in [0.3, 0.4) is 0 Å². The van der Waals surface area contributed by atoms with Crippen LogP contribution in [-0.4, -0.2) is 20.7 Å². The van der Waals surface area contributed by atoms with E-state index in [9.17, 15) is 4.79 Å². The molecule has 102 valence electrons. The molecule has 2 aromatic rings. The molecule has 0 aromatic carbocycles. The molecule has 0 atom stereocenters. The molecule has 19 heavy (non-hydrogen) atoms. The number of aromatic nitrogens is 3. The van der Waals surface area contributed by atoms with Gasteiger partial charge in [-0.3, -0.25) is 4.79 Å². The molecular weight excluding hydrogens is 240 g/mol. The zero-order chi connectivity index (χ0) is 14.3. The highest BCUT2D eigenvalue weighted by molar-refractivity contribution is 6.05. The van der Waals surface area contributed by atoms with Gasteiger partial charge >= 0.3 is 0 Å². The van der Waals surface area contributed by atoms with Gasteiger partial charge in [-0.1, -0.05) is 13.8 Å². The van der Waals surface area contributed by atoms with Crippen LogP contribution in [0.2, 0.25) is 0 Å². The third-order valence-electron chi connectivity index (χ3n) is 3.20. The van der Waals surface area contributed by atoms with Gasteiger partial charge in [0.1, 0.15) is 0 Å². The summed E-state index contributed by atoms with van der Waals surface area (Å²) in [5.74, 6) is -0.195. The molecule has 1 amide bonds. The van der Waals surface area contributed by atoms with Gasteiger partial charge in [-0.15, -0.1) is 0 Å².